The van der Waals surface area contributed by atoms with E-state index in [4.69, 9.17) is 0 Å². The molecule has 2 heterocycles. The zero-order valence-electron chi connectivity index (χ0n) is 18.4. The van der Waals surface area contributed by atoms with E-state index in [9.17, 15) is 8.78 Å². The summed E-state index contributed by atoms with van der Waals surface area (Å²) in [5.41, 5.74) is 0.840. The Labute approximate surface area is 196 Å². The number of benzene rings is 1. The molecule has 8 heteroatoms. The molecule has 30 heavy (non-hydrogen) atoms. The van der Waals surface area contributed by atoms with Gasteiger partial charge in [-0.2, -0.15) is 0 Å². The summed E-state index contributed by atoms with van der Waals surface area (Å²) in [7, 11) is 3.94. The van der Waals surface area contributed by atoms with Gasteiger partial charge in [-0.25, -0.2) is 8.78 Å². The summed E-state index contributed by atoms with van der Waals surface area (Å²) >= 11 is 0. The van der Waals surface area contributed by atoms with Crippen molar-refractivity contribution < 1.29 is 8.78 Å². The van der Waals surface area contributed by atoms with Crippen molar-refractivity contribution in [2.24, 2.45) is 4.99 Å². The minimum Gasteiger partial charge on any atom is -0.355 e. The number of aliphatic imine (C=N–C) groups is 1. The molecule has 5 nitrogen and oxygen atoms in total. The van der Waals surface area contributed by atoms with Crippen molar-refractivity contribution in [3.05, 3.63) is 35.4 Å². The Morgan fingerprint density at radius 1 is 1.10 bits per heavy atom. The quantitative estimate of drug-likeness (QED) is 0.343. The molecule has 1 aromatic carbocycles. The van der Waals surface area contributed by atoms with E-state index in [0.717, 1.165) is 32.5 Å². The highest BCUT2D eigenvalue weighted by Gasteiger charge is 2.39. The Kier molecular flexibility index (Phi) is 9.74. The van der Waals surface area contributed by atoms with E-state index in [1.165, 1.54) is 44.5 Å². The lowest BCUT2D eigenvalue weighted by molar-refractivity contribution is 0.0173. The maximum Gasteiger partial charge on any atom is 0.191 e. The molecule has 2 saturated heterocycles. The van der Waals surface area contributed by atoms with Crippen LogP contribution in [0, 0.1) is 11.6 Å². The van der Waals surface area contributed by atoms with Gasteiger partial charge in [0.1, 0.15) is 0 Å². The lowest BCUT2D eigenvalue weighted by Crippen LogP contribution is -2.62. The maximum atomic E-state index is 13.6. The summed E-state index contributed by atoms with van der Waals surface area (Å²) < 4.78 is 26.8. The minimum absolute atomic E-state index is 0. The molecule has 0 saturated carbocycles. The van der Waals surface area contributed by atoms with Gasteiger partial charge in [0, 0.05) is 19.1 Å². The smallest absolute Gasteiger partial charge is 0.191 e. The Morgan fingerprint density at radius 3 is 2.37 bits per heavy atom. The monoisotopic (exact) mass is 535 g/mol. The average Bonchev–Trinajstić information content (AvgIpc) is 2.75. The van der Waals surface area contributed by atoms with Crippen molar-refractivity contribution in [3.63, 3.8) is 0 Å². The van der Waals surface area contributed by atoms with Gasteiger partial charge in [0.05, 0.1) is 6.04 Å². The first kappa shape index (κ1) is 25.3. The molecule has 1 unspecified atom stereocenters. The van der Waals surface area contributed by atoms with E-state index >= 15 is 0 Å². The Balaban J connectivity index is 0.00000320. The third-order valence-corrected chi connectivity index (χ3v) is 6.55. The Bertz CT molecular complexity index is 701. The van der Waals surface area contributed by atoms with Crippen molar-refractivity contribution in [3.8, 4) is 0 Å². The number of rotatable bonds is 5. The van der Waals surface area contributed by atoms with Crippen LogP contribution in [0.1, 0.15) is 50.6 Å². The molecule has 0 aliphatic carbocycles. The third kappa shape index (κ3) is 6.26. The third-order valence-electron chi connectivity index (χ3n) is 6.55. The molecule has 0 radical (unpaired) electrons. The second-order valence-electron chi connectivity index (χ2n) is 8.54. The summed E-state index contributed by atoms with van der Waals surface area (Å²) in [5, 5.41) is 6.85. The predicted molar refractivity (Wildman–Crippen MR) is 130 cm³/mol. The Morgan fingerprint density at radius 2 is 1.77 bits per heavy atom. The molecule has 0 spiro atoms. The number of hydrogen-bond donors (Lipinski definition) is 2. The van der Waals surface area contributed by atoms with Crippen LogP contribution >= 0.6 is 24.0 Å². The van der Waals surface area contributed by atoms with E-state index in [1.807, 2.05) is 6.92 Å². The standard InChI is InChI=1S/C22H35F2N5.HI/c1-17(18-7-8-19(23)20(24)15-18)27-21(25-2)26-16-22(9-13-28(3)14-10-22)29-11-5-4-6-12-29;/h7-8,15,17H,4-6,9-14,16H2,1-3H3,(H2,25,26,27);1H. The normalized spacial score (nSPS) is 21.6. The van der Waals surface area contributed by atoms with Crippen LogP contribution in [0.2, 0.25) is 0 Å². The number of nitrogens with zero attached hydrogens (tertiary/aromatic N) is 3. The van der Waals surface area contributed by atoms with Crippen LogP contribution in [-0.2, 0) is 0 Å². The molecule has 1 aromatic rings. The van der Waals surface area contributed by atoms with E-state index in [2.05, 4.69) is 32.5 Å². The summed E-state index contributed by atoms with van der Waals surface area (Å²) in [6.45, 7) is 7.32. The lowest BCUT2D eigenvalue weighted by atomic mass is 9.84. The minimum atomic E-state index is -0.825. The van der Waals surface area contributed by atoms with Gasteiger partial charge in [-0.3, -0.25) is 9.89 Å². The Hall–Kier alpha value is -1.00. The fourth-order valence-corrected chi connectivity index (χ4v) is 4.52. The number of guanidine groups is 1. The van der Waals surface area contributed by atoms with Crippen LogP contribution in [0.25, 0.3) is 0 Å². The molecule has 3 rings (SSSR count). The van der Waals surface area contributed by atoms with E-state index in [1.54, 1.807) is 13.1 Å². The van der Waals surface area contributed by atoms with Crippen molar-refractivity contribution in [1.29, 1.82) is 0 Å². The average molecular weight is 535 g/mol. The van der Waals surface area contributed by atoms with Gasteiger partial charge >= 0.3 is 0 Å². The van der Waals surface area contributed by atoms with Crippen molar-refractivity contribution in [1.82, 2.24) is 20.4 Å². The maximum absolute atomic E-state index is 13.6. The molecule has 2 aliphatic heterocycles. The first-order valence-electron chi connectivity index (χ1n) is 10.8. The zero-order chi connectivity index (χ0) is 20.9. The topological polar surface area (TPSA) is 42.9 Å². The molecule has 2 N–H and O–H groups in total. The number of hydrogen-bond acceptors (Lipinski definition) is 3. The first-order chi connectivity index (χ1) is 13.9. The largest absolute Gasteiger partial charge is 0.355 e. The second-order valence-corrected chi connectivity index (χ2v) is 8.54. The zero-order valence-corrected chi connectivity index (χ0v) is 20.7. The van der Waals surface area contributed by atoms with E-state index in [-0.39, 0.29) is 35.6 Å². The molecule has 0 bridgehead atoms. The number of piperidine rings is 2. The van der Waals surface area contributed by atoms with Crippen LogP contribution in [0.4, 0.5) is 8.78 Å². The summed E-state index contributed by atoms with van der Waals surface area (Å²) in [6, 6.07) is 3.84. The van der Waals surface area contributed by atoms with Gasteiger partial charge < -0.3 is 15.5 Å². The first-order valence-corrected chi connectivity index (χ1v) is 10.8. The van der Waals surface area contributed by atoms with Gasteiger partial charge in [0.25, 0.3) is 0 Å². The van der Waals surface area contributed by atoms with Gasteiger partial charge in [-0.05, 0) is 83.5 Å². The SMILES string of the molecule is CN=C(NCC1(N2CCCCC2)CCN(C)CC1)NC(C)c1ccc(F)c(F)c1.I. The number of likely N-dealkylation sites (tertiary alicyclic amines) is 2. The molecular formula is C22H36F2IN5. The molecular weight excluding hydrogens is 499 g/mol. The highest BCUT2D eigenvalue weighted by Crippen LogP contribution is 2.31. The van der Waals surface area contributed by atoms with E-state index in [0.29, 0.717) is 11.5 Å². The van der Waals surface area contributed by atoms with Gasteiger partial charge in [-0.15, -0.1) is 24.0 Å². The van der Waals surface area contributed by atoms with Gasteiger partial charge in [0.2, 0.25) is 0 Å². The van der Waals surface area contributed by atoms with Crippen LogP contribution in [0.15, 0.2) is 23.2 Å². The molecule has 2 aliphatic rings. The van der Waals surface area contributed by atoms with Crippen LogP contribution < -0.4 is 10.6 Å². The van der Waals surface area contributed by atoms with Gasteiger partial charge in [-0.1, -0.05) is 12.5 Å². The van der Waals surface area contributed by atoms with Crippen LogP contribution in [0.3, 0.4) is 0 Å². The fraction of sp³-hybridized carbons (Fsp3) is 0.682. The van der Waals surface area contributed by atoms with Gasteiger partial charge in [0.15, 0.2) is 17.6 Å². The van der Waals surface area contributed by atoms with E-state index < -0.39 is 11.6 Å². The summed E-state index contributed by atoms with van der Waals surface area (Å²) in [4.78, 5) is 9.45. The molecule has 0 aromatic heterocycles. The highest BCUT2D eigenvalue weighted by molar-refractivity contribution is 14.0. The van der Waals surface area contributed by atoms with Crippen molar-refractivity contribution >= 4 is 29.9 Å². The molecule has 170 valence electrons. The summed E-state index contributed by atoms with van der Waals surface area (Å²) in [6.07, 6.45) is 6.17. The lowest BCUT2D eigenvalue weighted by Gasteiger charge is -2.50. The molecule has 0 amide bonds. The van der Waals surface area contributed by atoms with Crippen molar-refractivity contribution in [2.75, 3.05) is 46.8 Å². The van der Waals surface area contributed by atoms with Crippen LogP contribution in [0.5, 0.6) is 0 Å². The molecule has 1 atom stereocenters. The van der Waals surface area contributed by atoms with Crippen LogP contribution in [-0.4, -0.2) is 68.1 Å². The fourth-order valence-electron chi connectivity index (χ4n) is 4.52. The summed E-state index contributed by atoms with van der Waals surface area (Å²) in [5.74, 6) is -0.957. The second kappa shape index (κ2) is 11.6. The highest BCUT2D eigenvalue weighted by atomic mass is 127. The molecule has 2 fully saturated rings. The number of halogens is 3. The van der Waals surface area contributed by atoms with Crippen molar-refractivity contribution in [2.45, 2.75) is 50.6 Å². The predicted octanol–water partition coefficient (Wildman–Crippen LogP) is 3.76. The number of nitrogens with one attached hydrogen (secondary N) is 2.